The molecular formula is C5H3NO4. The van der Waals surface area contributed by atoms with Crippen LogP contribution in [0.4, 0.5) is 0 Å². The quantitative estimate of drug-likeness (QED) is 0.298. The van der Waals surface area contributed by atoms with Crippen molar-refractivity contribution in [3.05, 3.63) is 27.8 Å². The van der Waals surface area contributed by atoms with Gasteiger partial charge in [0.25, 0.3) is 0 Å². The van der Waals surface area contributed by atoms with E-state index in [1.807, 2.05) is 0 Å². The molecule has 0 aromatic heterocycles. The lowest BCUT2D eigenvalue weighted by Gasteiger charge is -1.89. The van der Waals surface area contributed by atoms with Crippen molar-refractivity contribution >= 4 is 5.94 Å². The van der Waals surface area contributed by atoms with E-state index in [2.05, 4.69) is 4.74 Å². The lowest BCUT2D eigenvalue weighted by molar-refractivity contribution is -0.457. The second kappa shape index (κ2) is 2.33. The summed E-state index contributed by atoms with van der Waals surface area (Å²) in [5.74, 6) is 1.01. The van der Waals surface area contributed by atoms with Crippen molar-refractivity contribution in [2.45, 2.75) is 6.42 Å². The first-order valence-electron chi connectivity index (χ1n) is 2.50. The number of nitrogens with zero attached hydrogens (tertiary/aromatic N) is 1. The molecule has 0 aliphatic carbocycles. The van der Waals surface area contributed by atoms with Crippen molar-refractivity contribution < 1.29 is 14.5 Å². The second-order valence-electron chi connectivity index (χ2n) is 1.63. The smallest absolute Gasteiger partial charge is 0.394 e. The van der Waals surface area contributed by atoms with Gasteiger partial charge in [-0.1, -0.05) is 0 Å². The Kier molecular flexibility index (Phi) is 1.51. The molecule has 5 nitrogen and oxygen atoms in total. The largest absolute Gasteiger partial charge is 0.430 e. The van der Waals surface area contributed by atoms with Crippen molar-refractivity contribution in [2.24, 2.45) is 0 Å². The van der Waals surface area contributed by atoms with Crippen LogP contribution < -0.4 is 0 Å². The standard InChI is InChI=1S/C5H3NO4/c7-3-4-1-2-5(10-4)6(8)9/h2H,1H2. The fourth-order valence-corrected chi connectivity index (χ4v) is 0.564. The van der Waals surface area contributed by atoms with E-state index in [1.54, 1.807) is 0 Å². The van der Waals surface area contributed by atoms with Crippen molar-refractivity contribution in [3.8, 4) is 0 Å². The molecule has 0 bridgehead atoms. The molecule has 0 radical (unpaired) electrons. The molecule has 52 valence electrons. The molecule has 1 heterocycles. The Balaban J connectivity index is 2.73. The monoisotopic (exact) mass is 141 g/mol. The number of ether oxygens (including phenoxy) is 1. The maximum Gasteiger partial charge on any atom is 0.430 e. The second-order valence-corrected chi connectivity index (χ2v) is 1.63. The van der Waals surface area contributed by atoms with Crippen LogP contribution in [0.1, 0.15) is 6.42 Å². The van der Waals surface area contributed by atoms with Crippen LogP contribution in [0.5, 0.6) is 0 Å². The third-order valence-electron chi connectivity index (χ3n) is 0.984. The summed E-state index contributed by atoms with van der Waals surface area (Å²) in [6, 6.07) is 0. The number of carbonyl (C=O) groups excluding carboxylic acids is 1. The minimum atomic E-state index is -0.690. The Morgan fingerprint density at radius 2 is 2.50 bits per heavy atom. The molecule has 0 saturated carbocycles. The molecule has 0 atom stereocenters. The molecule has 0 unspecified atom stereocenters. The summed E-state index contributed by atoms with van der Waals surface area (Å²) < 4.78 is 4.43. The molecule has 10 heavy (non-hydrogen) atoms. The van der Waals surface area contributed by atoms with E-state index in [1.165, 1.54) is 12.0 Å². The minimum absolute atomic E-state index is 0.0355. The first kappa shape index (κ1) is 6.51. The fraction of sp³-hybridized carbons (Fsp3) is 0.200. The third-order valence-corrected chi connectivity index (χ3v) is 0.984. The Morgan fingerprint density at radius 3 is 2.80 bits per heavy atom. The summed E-state index contributed by atoms with van der Waals surface area (Å²) in [6.07, 6.45) is 1.39. The minimum Gasteiger partial charge on any atom is -0.394 e. The lowest BCUT2D eigenvalue weighted by Crippen LogP contribution is -1.97. The van der Waals surface area contributed by atoms with Gasteiger partial charge in [0.15, 0.2) is 11.7 Å². The molecule has 1 aliphatic heterocycles. The molecule has 0 fully saturated rings. The van der Waals surface area contributed by atoms with E-state index < -0.39 is 10.8 Å². The van der Waals surface area contributed by atoms with Crippen LogP contribution in [0.25, 0.3) is 0 Å². The van der Waals surface area contributed by atoms with E-state index in [0.717, 1.165) is 0 Å². The third kappa shape index (κ3) is 1.04. The van der Waals surface area contributed by atoms with Gasteiger partial charge >= 0.3 is 5.88 Å². The van der Waals surface area contributed by atoms with Crippen molar-refractivity contribution in [3.63, 3.8) is 0 Å². The van der Waals surface area contributed by atoms with Gasteiger partial charge in [-0.05, 0) is 0 Å². The topological polar surface area (TPSA) is 69.4 Å². The Morgan fingerprint density at radius 1 is 1.80 bits per heavy atom. The number of nitro groups is 1. The van der Waals surface area contributed by atoms with E-state index >= 15 is 0 Å². The summed E-state index contributed by atoms with van der Waals surface area (Å²) in [7, 11) is 0. The number of rotatable bonds is 1. The van der Waals surface area contributed by atoms with Gasteiger partial charge in [0.05, 0.1) is 0 Å². The number of hydrogen-bond donors (Lipinski definition) is 0. The van der Waals surface area contributed by atoms with Crippen LogP contribution in [0, 0.1) is 10.1 Å². The summed E-state index contributed by atoms with van der Waals surface area (Å²) in [4.78, 5) is 19.1. The molecular weight excluding hydrogens is 138 g/mol. The normalized spacial score (nSPS) is 15.6. The predicted octanol–water partition coefficient (Wildman–Crippen LogP) is 0.240. The van der Waals surface area contributed by atoms with Gasteiger partial charge in [-0.2, -0.15) is 0 Å². The van der Waals surface area contributed by atoms with E-state index in [-0.39, 0.29) is 12.2 Å². The van der Waals surface area contributed by atoms with Gasteiger partial charge in [0, 0.05) is 12.5 Å². The van der Waals surface area contributed by atoms with Crippen LogP contribution in [0.3, 0.4) is 0 Å². The van der Waals surface area contributed by atoms with Gasteiger partial charge in [-0.25, -0.2) is 4.79 Å². The fourth-order valence-electron chi connectivity index (χ4n) is 0.564. The molecule has 0 aromatic rings. The Bertz CT molecular complexity index is 248. The van der Waals surface area contributed by atoms with Crippen LogP contribution in [-0.2, 0) is 9.53 Å². The van der Waals surface area contributed by atoms with Crippen molar-refractivity contribution in [2.75, 3.05) is 0 Å². The van der Waals surface area contributed by atoms with Crippen molar-refractivity contribution in [1.82, 2.24) is 0 Å². The predicted molar refractivity (Wildman–Crippen MR) is 30.0 cm³/mol. The maximum atomic E-state index is 9.93. The van der Waals surface area contributed by atoms with Gasteiger partial charge in [-0.15, -0.1) is 0 Å². The van der Waals surface area contributed by atoms with E-state index in [0.29, 0.717) is 0 Å². The lowest BCUT2D eigenvalue weighted by atomic mass is 10.4. The van der Waals surface area contributed by atoms with E-state index in [9.17, 15) is 14.9 Å². The van der Waals surface area contributed by atoms with Crippen LogP contribution in [0.2, 0.25) is 0 Å². The summed E-state index contributed by atoms with van der Waals surface area (Å²) in [5, 5.41) is 9.93. The van der Waals surface area contributed by atoms with Gasteiger partial charge < -0.3 is 4.74 Å². The Labute approximate surface area is 55.7 Å². The highest BCUT2D eigenvalue weighted by molar-refractivity contribution is 5.51. The summed E-state index contributed by atoms with van der Waals surface area (Å²) >= 11 is 0. The molecule has 0 spiro atoms. The molecule has 1 aliphatic rings. The van der Waals surface area contributed by atoms with Crippen LogP contribution in [0.15, 0.2) is 17.7 Å². The first-order valence-corrected chi connectivity index (χ1v) is 2.50. The zero-order chi connectivity index (χ0) is 7.56. The highest BCUT2D eigenvalue weighted by Gasteiger charge is 2.21. The molecule has 0 N–H and O–H groups in total. The highest BCUT2D eigenvalue weighted by Crippen LogP contribution is 2.17. The van der Waals surface area contributed by atoms with Gasteiger partial charge in [0.1, 0.15) is 4.92 Å². The molecule has 5 heteroatoms. The molecule has 0 aromatic carbocycles. The molecule has 0 amide bonds. The first-order chi connectivity index (χ1) is 4.74. The number of hydrogen-bond acceptors (Lipinski definition) is 4. The van der Waals surface area contributed by atoms with Gasteiger partial charge in [0.2, 0.25) is 0 Å². The Hall–Kier alpha value is -1.61. The average Bonchev–Trinajstić information content (AvgIpc) is 2.34. The highest BCUT2D eigenvalue weighted by atomic mass is 16.7. The van der Waals surface area contributed by atoms with Crippen LogP contribution in [-0.4, -0.2) is 10.9 Å². The van der Waals surface area contributed by atoms with Crippen molar-refractivity contribution in [1.29, 1.82) is 0 Å². The molecule has 0 saturated heterocycles. The summed E-state index contributed by atoms with van der Waals surface area (Å²) in [5.41, 5.74) is 0. The number of allylic oxidation sites excluding steroid dienone is 1. The zero-order valence-electron chi connectivity index (χ0n) is 4.86. The van der Waals surface area contributed by atoms with E-state index in [4.69, 9.17) is 0 Å². The average molecular weight is 141 g/mol. The van der Waals surface area contributed by atoms with Crippen LogP contribution >= 0.6 is 0 Å². The summed E-state index contributed by atoms with van der Waals surface area (Å²) in [6.45, 7) is 0. The van der Waals surface area contributed by atoms with Gasteiger partial charge in [-0.3, -0.25) is 10.1 Å². The molecule has 1 rings (SSSR count). The maximum absolute atomic E-state index is 9.93. The SMILES string of the molecule is O=C=C1CC=C([N+](=O)[O-])O1. The zero-order valence-corrected chi connectivity index (χ0v) is 4.86.